The smallest absolute Gasteiger partial charge is 0.283 e. The normalized spacial score (nSPS) is 8.12. The van der Waals surface area contributed by atoms with Gasteiger partial charge in [0.2, 0.25) is 0 Å². The molecule has 3 rings (SSSR count). The molecule has 3 aromatic rings. The van der Waals surface area contributed by atoms with E-state index in [9.17, 15) is 0 Å². The van der Waals surface area contributed by atoms with Gasteiger partial charge in [-0.05, 0) is 42.8 Å². The predicted octanol–water partition coefficient (Wildman–Crippen LogP) is 3.19. The standard InChI is InChI=1S/C16H13N3.2CHNO.Pt/c1-12-8-11-19-16(14-7-3-5-10-18-14)15(12)13-6-2-4-9-17-13;2*2-1-3;/h2-11H,1H3;2*3H;. The quantitative estimate of drug-likeness (QED) is 0.489. The van der Waals surface area contributed by atoms with Crippen molar-refractivity contribution >= 4 is 0 Å². The molecular weight excluding hydrogens is 513 g/mol. The van der Waals surface area contributed by atoms with Crippen molar-refractivity contribution in [2.75, 3.05) is 0 Å². The number of aliphatic hydroxyl groups excluding tert-OH is 2. The van der Waals surface area contributed by atoms with Crippen LogP contribution < -0.4 is 0 Å². The van der Waals surface area contributed by atoms with Crippen molar-refractivity contribution in [3.05, 3.63) is 66.6 Å². The van der Waals surface area contributed by atoms with Gasteiger partial charge in [-0.15, -0.1) is 0 Å². The van der Waals surface area contributed by atoms with Crippen LogP contribution in [0.25, 0.3) is 22.6 Å². The fourth-order valence-corrected chi connectivity index (χ4v) is 2.09. The summed E-state index contributed by atoms with van der Waals surface area (Å²) in [5, 5.41) is 27.5. The molecule has 0 atom stereocenters. The molecule has 0 spiro atoms. The van der Waals surface area contributed by atoms with Gasteiger partial charge in [0.1, 0.15) is 0 Å². The Morgan fingerprint density at radius 1 is 0.769 bits per heavy atom. The SMILES string of the molecule is Cc1ccnc(-c2ccccn2)c1-c1ccccn1.N#CO.N#CO.[Pt]. The third-order valence-electron chi connectivity index (χ3n) is 2.99. The number of hydrogen-bond donors (Lipinski definition) is 2. The summed E-state index contributed by atoms with van der Waals surface area (Å²) in [6, 6.07) is 13.7. The Hall–Kier alpha value is -3.28. The minimum atomic E-state index is 0. The van der Waals surface area contributed by atoms with E-state index in [2.05, 4.69) is 21.9 Å². The first-order valence-electron chi connectivity index (χ1n) is 7.04. The van der Waals surface area contributed by atoms with Crippen LogP contribution in [0, 0.1) is 30.0 Å². The zero-order valence-corrected chi connectivity index (χ0v) is 16.0. The van der Waals surface area contributed by atoms with Gasteiger partial charge >= 0.3 is 0 Å². The van der Waals surface area contributed by atoms with Gasteiger partial charge in [-0.3, -0.25) is 15.0 Å². The number of hydrogen-bond acceptors (Lipinski definition) is 7. The van der Waals surface area contributed by atoms with E-state index < -0.39 is 0 Å². The molecule has 3 aromatic heterocycles. The van der Waals surface area contributed by atoms with E-state index in [-0.39, 0.29) is 21.1 Å². The van der Waals surface area contributed by atoms with E-state index in [0.717, 1.165) is 40.7 Å². The molecule has 8 heteroatoms. The Balaban J connectivity index is 0.000000793. The number of nitriles is 2. The maximum atomic E-state index is 6.88. The van der Waals surface area contributed by atoms with Crippen molar-refractivity contribution in [1.29, 1.82) is 10.5 Å². The first-order valence-corrected chi connectivity index (χ1v) is 7.04. The molecule has 0 aliphatic rings. The Morgan fingerprint density at radius 2 is 1.27 bits per heavy atom. The second-order valence-corrected chi connectivity index (χ2v) is 4.48. The van der Waals surface area contributed by atoms with Gasteiger partial charge in [0.15, 0.2) is 0 Å². The monoisotopic (exact) mass is 528 g/mol. The van der Waals surface area contributed by atoms with Crippen LogP contribution in [0.15, 0.2) is 61.1 Å². The third-order valence-corrected chi connectivity index (χ3v) is 2.99. The molecule has 0 radical (unpaired) electrons. The fourth-order valence-electron chi connectivity index (χ4n) is 2.09. The third kappa shape index (κ3) is 6.68. The second-order valence-electron chi connectivity index (χ2n) is 4.48. The minimum Gasteiger partial charge on any atom is -0.443 e. The Labute approximate surface area is 165 Å². The summed E-state index contributed by atoms with van der Waals surface area (Å²) < 4.78 is 0. The topological polar surface area (TPSA) is 127 Å². The number of rotatable bonds is 2. The van der Waals surface area contributed by atoms with Crippen LogP contribution in [0.2, 0.25) is 0 Å². The van der Waals surface area contributed by atoms with Crippen LogP contribution >= 0.6 is 0 Å². The van der Waals surface area contributed by atoms with Crippen LogP contribution in [0.3, 0.4) is 0 Å². The summed E-state index contributed by atoms with van der Waals surface area (Å²) in [4.78, 5) is 13.3. The zero-order chi connectivity index (χ0) is 18.5. The number of nitrogens with zero attached hydrogens (tertiary/aromatic N) is 5. The Bertz CT molecular complexity index is 850. The summed E-state index contributed by atoms with van der Waals surface area (Å²) >= 11 is 0. The minimum absolute atomic E-state index is 0. The zero-order valence-electron chi connectivity index (χ0n) is 13.7. The van der Waals surface area contributed by atoms with E-state index in [0.29, 0.717) is 0 Å². The molecule has 0 bridgehead atoms. The van der Waals surface area contributed by atoms with Crippen molar-refractivity contribution in [3.63, 3.8) is 0 Å². The van der Waals surface area contributed by atoms with E-state index in [1.807, 2.05) is 48.7 Å². The second kappa shape index (κ2) is 13.1. The summed E-state index contributed by atoms with van der Waals surface area (Å²) in [6.45, 7) is 2.07. The molecule has 2 N–H and O–H groups in total. The van der Waals surface area contributed by atoms with Gasteiger partial charge in [0.25, 0.3) is 12.5 Å². The van der Waals surface area contributed by atoms with Crippen LogP contribution in [-0.2, 0) is 21.1 Å². The van der Waals surface area contributed by atoms with Gasteiger partial charge in [-0.25, -0.2) is 0 Å². The van der Waals surface area contributed by atoms with Crippen molar-refractivity contribution < 1.29 is 31.3 Å². The van der Waals surface area contributed by atoms with Gasteiger partial charge in [-0.1, -0.05) is 12.1 Å². The van der Waals surface area contributed by atoms with Gasteiger partial charge in [0, 0.05) is 45.2 Å². The van der Waals surface area contributed by atoms with E-state index in [4.69, 9.17) is 20.7 Å². The average Bonchev–Trinajstić information content (AvgIpc) is 2.64. The number of pyridine rings is 3. The molecule has 0 saturated heterocycles. The summed E-state index contributed by atoms with van der Waals surface area (Å²) in [6.07, 6.45) is 6.89. The van der Waals surface area contributed by atoms with Crippen molar-refractivity contribution in [2.24, 2.45) is 0 Å². The summed E-state index contributed by atoms with van der Waals surface area (Å²) in [7, 11) is 0. The molecular formula is C18H15N5O2Pt. The maximum Gasteiger partial charge on any atom is 0.283 e. The van der Waals surface area contributed by atoms with Crippen molar-refractivity contribution in [3.8, 4) is 35.2 Å². The molecule has 7 nitrogen and oxygen atoms in total. The van der Waals surface area contributed by atoms with E-state index in [1.165, 1.54) is 0 Å². The first-order chi connectivity index (χ1) is 12.2. The molecule has 26 heavy (non-hydrogen) atoms. The van der Waals surface area contributed by atoms with Crippen LogP contribution in [0.4, 0.5) is 0 Å². The van der Waals surface area contributed by atoms with Gasteiger partial charge in [0.05, 0.1) is 17.1 Å². The molecule has 0 fully saturated rings. The van der Waals surface area contributed by atoms with E-state index in [1.54, 1.807) is 12.4 Å². The predicted molar refractivity (Wildman–Crippen MR) is 90.5 cm³/mol. The fraction of sp³-hybridized carbons (Fsp3) is 0.0556. The van der Waals surface area contributed by atoms with Crippen LogP contribution in [0.1, 0.15) is 5.56 Å². The van der Waals surface area contributed by atoms with Gasteiger partial charge in [-0.2, -0.15) is 10.5 Å². The molecule has 0 unspecified atom stereocenters. The van der Waals surface area contributed by atoms with Crippen LogP contribution in [-0.4, -0.2) is 25.2 Å². The molecule has 0 saturated carbocycles. The molecule has 0 aliphatic carbocycles. The number of aliphatic hydroxyl groups is 2. The van der Waals surface area contributed by atoms with Crippen molar-refractivity contribution in [1.82, 2.24) is 15.0 Å². The summed E-state index contributed by atoms with van der Waals surface area (Å²) in [5.41, 5.74) is 4.86. The maximum absolute atomic E-state index is 6.88. The Kier molecular flexibility index (Phi) is 11.4. The molecule has 0 aromatic carbocycles. The molecule has 3 heterocycles. The van der Waals surface area contributed by atoms with Crippen molar-refractivity contribution in [2.45, 2.75) is 6.92 Å². The molecule has 134 valence electrons. The number of aryl methyl sites for hydroxylation is 1. The first kappa shape index (κ1) is 22.7. The van der Waals surface area contributed by atoms with Gasteiger partial charge < -0.3 is 10.2 Å². The Morgan fingerprint density at radius 3 is 1.73 bits per heavy atom. The van der Waals surface area contributed by atoms with Crippen LogP contribution in [0.5, 0.6) is 0 Å². The summed E-state index contributed by atoms with van der Waals surface area (Å²) in [5.74, 6) is 0. The van der Waals surface area contributed by atoms with E-state index >= 15 is 0 Å². The average molecular weight is 528 g/mol. The largest absolute Gasteiger partial charge is 0.443 e. The number of aromatic nitrogens is 3. The molecule has 0 aliphatic heterocycles. The molecule has 0 amide bonds.